The predicted octanol–water partition coefficient (Wildman–Crippen LogP) is 3.80. The molecule has 0 fully saturated rings. The highest BCUT2D eigenvalue weighted by Crippen LogP contribution is 2.20. The lowest BCUT2D eigenvalue weighted by molar-refractivity contribution is 0.0951. The number of aromatic nitrogens is 1. The van der Waals surface area contributed by atoms with Crippen molar-refractivity contribution in [2.45, 2.75) is 6.54 Å². The molecule has 0 aliphatic heterocycles. The Morgan fingerprint density at radius 2 is 2.00 bits per heavy atom. The van der Waals surface area contributed by atoms with Gasteiger partial charge < -0.3 is 5.32 Å². The number of hydrogen-bond donors (Lipinski definition) is 1. The second kappa shape index (κ2) is 5.98. The number of carbonyl (C=O) groups excluding carboxylic acids is 1. The van der Waals surface area contributed by atoms with Gasteiger partial charge in [-0.2, -0.15) is 22.7 Å². The van der Waals surface area contributed by atoms with Crippen LogP contribution in [0.25, 0.3) is 11.3 Å². The van der Waals surface area contributed by atoms with Gasteiger partial charge in [0.1, 0.15) is 0 Å². The van der Waals surface area contributed by atoms with Crippen LogP contribution in [0, 0.1) is 0 Å². The van der Waals surface area contributed by atoms with Crippen molar-refractivity contribution in [2.75, 3.05) is 0 Å². The number of nitrogens with one attached hydrogen (secondary N) is 1. The Morgan fingerprint density at radius 3 is 2.75 bits per heavy atom. The Balaban J connectivity index is 1.69. The van der Waals surface area contributed by atoms with E-state index < -0.39 is 0 Å². The van der Waals surface area contributed by atoms with Crippen molar-refractivity contribution in [1.82, 2.24) is 10.3 Å². The molecule has 1 amide bonds. The third kappa shape index (κ3) is 2.95. The minimum absolute atomic E-state index is 0.0415. The van der Waals surface area contributed by atoms with Gasteiger partial charge in [-0.25, -0.2) is 0 Å². The van der Waals surface area contributed by atoms with Crippen LogP contribution >= 0.6 is 22.7 Å². The summed E-state index contributed by atoms with van der Waals surface area (Å²) in [6.45, 7) is 0.508. The van der Waals surface area contributed by atoms with Gasteiger partial charge in [0.25, 0.3) is 5.91 Å². The molecule has 0 aliphatic carbocycles. The van der Waals surface area contributed by atoms with E-state index in [2.05, 4.69) is 15.7 Å². The number of nitrogens with zero attached hydrogens (tertiary/aromatic N) is 1. The molecule has 0 atom stereocenters. The summed E-state index contributed by atoms with van der Waals surface area (Å²) in [5.41, 5.74) is 3.81. The lowest BCUT2D eigenvalue weighted by Crippen LogP contribution is -2.22. The van der Waals surface area contributed by atoms with Crippen LogP contribution in [0.1, 0.15) is 15.9 Å². The summed E-state index contributed by atoms with van der Waals surface area (Å²) in [6, 6.07) is 7.80. The van der Waals surface area contributed by atoms with Gasteiger partial charge in [0.05, 0.1) is 5.69 Å². The fraction of sp³-hybridized carbons (Fsp3) is 0.0667. The van der Waals surface area contributed by atoms with Crippen molar-refractivity contribution in [3.63, 3.8) is 0 Å². The van der Waals surface area contributed by atoms with E-state index in [1.54, 1.807) is 17.5 Å². The first-order valence-corrected chi connectivity index (χ1v) is 7.99. The zero-order chi connectivity index (χ0) is 13.8. The molecule has 3 aromatic rings. The quantitative estimate of drug-likeness (QED) is 0.796. The summed E-state index contributed by atoms with van der Waals surface area (Å²) in [4.78, 5) is 16.2. The van der Waals surface area contributed by atoms with E-state index in [4.69, 9.17) is 0 Å². The fourth-order valence-electron chi connectivity index (χ4n) is 1.83. The minimum atomic E-state index is -0.0415. The lowest BCUT2D eigenvalue weighted by Gasteiger charge is -2.05. The smallest absolute Gasteiger partial charge is 0.252 e. The first-order valence-electron chi connectivity index (χ1n) is 6.11. The van der Waals surface area contributed by atoms with E-state index in [0.29, 0.717) is 12.1 Å². The average molecular weight is 300 g/mol. The van der Waals surface area contributed by atoms with E-state index >= 15 is 0 Å². The van der Waals surface area contributed by atoms with Crippen LogP contribution in [0.3, 0.4) is 0 Å². The van der Waals surface area contributed by atoms with Gasteiger partial charge in [0, 0.05) is 34.6 Å². The van der Waals surface area contributed by atoms with E-state index in [-0.39, 0.29) is 5.91 Å². The van der Waals surface area contributed by atoms with Gasteiger partial charge in [0.15, 0.2) is 0 Å². The molecule has 5 heteroatoms. The first kappa shape index (κ1) is 13.0. The summed E-state index contributed by atoms with van der Waals surface area (Å²) in [7, 11) is 0. The maximum absolute atomic E-state index is 11.9. The summed E-state index contributed by atoms with van der Waals surface area (Å²) in [5, 5.41) is 10.8. The highest BCUT2D eigenvalue weighted by molar-refractivity contribution is 7.08. The van der Waals surface area contributed by atoms with E-state index in [1.165, 1.54) is 11.3 Å². The van der Waals surface area contributed by atoms with Gasteiger partial charge in [-0.3, -0.25) is 9.78 Å². The van der Waals surface area contributed by atoms with Crippen LogP contribution in [-0.2, 0) is 6.54 Å². The van der Waals surface area contributed by atoms with Gasteiger partial charge in [-0.1, -0.05) is 0 Å². The molecule has 1 N–H and O–H groups in total. The van der Waals surface area contributed by atoms with Crippen molar-refractivity contribution in [3.8, 4) is 11.3 Å². The van der Waals surface area contributed by atoms with E-state index in [1.807, 2.05) is 40.4 Å². The second-order valence-corrected chi connectivity index (χ2v) is 5.82. The standard InChI is InChI=1S/C15H12N2OS2/c18-15(13-3-6-20-10-13)17-8-11-1-4-16-14(7-11)12-2-5-19-9-12/h1-7,9-10H,8H2,(H,17,18). The number of hydrogen-bond acceptors (Lipinski definition) is 4. The van der Waals surface area contributed by atoms with Crippen LogP contribution in [-0.4, -0.2) is 10.9 Å². The maximum Gasteiger partial charge on any atom is 0.252 e. The van der Waals surface area contributed by atoms with Crippen LogP contribution in [0.5, 0.6) is 0 Å². The summed E-state index contributed by atoms with van der Waals surface area (Å²) >= 11 is 3.17. The molecule has 0 bridgehead atoms. The fourth-order valence-corrected chi connectivity index (χ4v) is 3.12. The first-order chi connectivity index (χ1) is 9.83. The molecule has 0 aromatic carbocycles. The van der Waals surface area contributed by atoms with Gasteiger partial charge in [-0.15, -0.1) is 0 Å². The maximum atomic E-state index is 11.9. The molecule has 0 unspecified atom stereocenters. The molecular formula is C15H12N2OS2. The summed E-state index contributed by atoms with van der Waals surface area (Å²) in [5.74, 6) is -0.0415. The summed E-state index contributed by atoms with van der Waals surface area (Å²) in [6.07, 6.45) is 1.78. The Bertz CT molecular complexity index is 691. The molecule has 3 aromatic heterocycles. The monoisotopic (exact) mass is 300 g/mol. The average Bonchev–Trinajstić information content (AvgIpc) is 3.17. The van der Waals surface area contributed by atoms with E-state index in [9.17, 15) is 4.79 Å². The van der Waals surface area contributed by atoms with Gasteiger partial charge in [-0.05, 0) is 40.6 Å². The number of thiophene rings is 2. The lowest BCUT2D eigenvalue weighted by atomic mass is 10.1. The largest absolute Gasteiger partial charge is 0.348 e. The topological polar surface area (TPSA) is 42.0 Å². The molecule has 100 valence electrons. The number of amides is 1. The Hall–Kier alpha value is -1.98. The van der Waals surface area contributed by atoms with Crippen molar-refractivity contribution < 1.29 is 4.79 Å². The zero-order valence-corrected chi connectivity index (χ0v) is 12.2. The Kier molecular flexibility index (Phi) is 3.90. The molecule has 0 aliphatic rings. The molecule has 0 saturated carbocycles. The van der Waals surface area contributed by atoms with Crippen molar-refractivity contribution >= 4 is 28.6 Å². The highest BCUT2D eigenvalue weighted by Gasteiger charge is 2.06. The van der Waals surface area contributed by atoms with Gasteiger partial charge in [0.2, 0.25) is 0 Å². The van der Waals surface area contributed by atoms with Crippen molar-refractivity contribution in [1.29, 1.82) is 0 Å². The molecule has 3 nitrogen and oxygen atoms in total. The Labute approximate surface area is 124 Å². The third-order valence-electron chi connectivity index (χ3n) is 2.88. The molecule has 0 spiro atoms. The Morgan fingerprint density at radius 1 is 1.15 bits per heavy atom. The van der Waals surface area contributed by atoms with Crippen molar-refractivity contribution in [2.24, 2.45) is 0 Å². The molecule has 0 saturated heterocycles. The van der Waals surface area contributed by atoms with Crippen LogP contribution in [0.4, 0.5) is 0 Å². The molecular weight excluding hydrogens is 288 g/mol. The molecule has 3 rings (SSSR count). The predicted molar refractivity (Wildman–Crippen MR) is 83.0 cm³/mol. The molecule has 20 heavy (non-hydrogen) atoms. The van der Waals surface area contributed by atoms with Crippen LogP contribution < -0.4 is 5.32 Å². The van der Waals surface area contributed by atoms with Gasteiger partial charge >= 0.3 is 0 Å². The zero-order valence-electron chi connectivity index (χ0n) is 10.6. The SMILES string of the molecule is O=C(NCc1ccnc(-c2ccsc2)c1)c1ccsc1. The normalized spacial score (nSPS) is 10.4. The summed E-state index contributed by atoms with van der Waals surface area (Å²) < 4.78 is 0. The van der Waals surface area contributed by atoms with Crippen LogP contribution in [0.2, 0.25) is 0 Å². The molecule has 0 radical (unpaired) electrons. The van der Waals surface area contributed by atoms with E-state index in [0.717, 1.165) is 16.8 Å². The number of carbonyl (C=O) groups is 1. The number of rotatable bonds is 4. The minimum Gasteiger partial charge on any atom is -0.348 e. The highest BCUT2D eigenvalue weighted by atomic mass is 32.1. The van der Waals surface area contributed by atoms with Crippen LogP contribution in [0.15, 0.2) is 52.0 Å². The van der Waals surface area contributed by atoms with Crippen molar-refractivity contribution in [3.05, 3.63) is 63.1 Å². The second-order valence-electron chi connectivity index (χ2n) is 4.26. The molecule has 3 heterocycles. The number of pyridine rings is 1. The third-order valence-corrected chi connectivity index (χ3v) is 4.24.